The largest absolute Gasteiger partial charge is 0.369 e. The Morgan fingerprint density at radius 3 is 2.16 bits per heavy atom. The van der Waals surface area contributed by atoms with E-state index in [9.17, 15) is 8.42 Å². The van der Waals surface area contributed by atoms with Crippen LogP contribution in [0, 0.1) is 0 Å². The van der Waals surface area contributed by atoms with Crippen LogP contribution in [-0.4, -0.2) is 44.9 Å². The van der Waals surface area contributed by atoms with Gasteiger partial charge in [0.15, 0.2) is 0 Å². The van der Waals surface area contributed by atoms with E-state index in [1.54, 1.807) is 0 Å². The van der Waals surface area contributed by atoms with Crippen LogP contribution >= 0.6 is 0 Å². The van der Waals surface area contributed by atoms with Gasteiger partial charge in [-0.05, 0) is 26.0 Å². The van der Waals surface area contributed by atoms with Crippen molar-refractivity contribution in [1.29, 1.82) is 0 Å². The maximum absolute atomic E-state index is 12.0. The smallest absolute Gasteiger partial charge is 0.279 e. The van der Waals surface area contributed by atoms with Gasteiger partial charge < -0.3 is 4.90 Å². The second-order valence-electron chi connectivity index (χ2n) is 5.00. The van der Waals surface area contributed by atoms with Gasteiger partial charge in [0, 0.05) is 37.9 Å². The third-order valence-electron chi connectivity index (χ3n) is 3.08. The lowest BCUT2D eigenvalue weighted by Crippen LogP contribution is -2.53. The van der Waals surface area contributed by atoms with E-state index in [0.29, 0.717) is 13.1 Å². The zero-order valence-electron chi connectivity index (χ0n) is 11.4. The normalized spacial score (nSPS) is 17.9. The highest BCUT2D eigenvalue weighted by Gasteiger charge is 2.27. The van der Waals surface area contributed by atoms with Gasteiger partial charge in [0.2, 0.25) is 0 Å². The Hall–Kier alpha value is -1.11. The number of hydrogen-bond donors (Lipinski definition) is 1. The van der Waals surface area contributed by atoms with E-state index >= 15 is 0 Å². The molecule has 6 heteroatoms. The van der Waals surface area contributed by atoms with E-state index in [-0.39, 0.29) is 6.04 Å². The van der Waals surface area contributed by atoms with E-state index in [0.717, 1.165) is 18.8 Å². The number of nitrogens with one attached hydrogen (secondary N) is 1. The first kappa shape index (κ1) is 14.3. The van der Waals surface area contributed by atoms with Crippen LogP contribution in [0.4, 0.5) is 5.69 Å². The Morgan fingerprint density at radius 1 is 1.05 bits per heavy atom. The van der Waals surface area contributed by atoms with Crippen molar-refractivity contribution < 1.29 is 8.42 Å². The highest BCUT2D eigenvalue weighted by atomic mass is 32.2. The summed E-state index contributed by atoms with van der Waals surface area (Å²) in [5.74, 6) is 0. The summed E-state index contributed by atoms with van der Waals surface area (Å²) < 4.78 is 28.2. The molecule has 0 aromatic heterocycles. The molecule has 1 N–H and O–H groups in total. The molecule has 1 aromatic carbocycles. The fraction of sp³-hybridized carbons (Fsp3) is 0.538. The fourth-order valence-electron chi connectivity index (χ4n) is 2.20. The average Bonchev–Trinajstić information content (AvgIpc) is 2.38. The Bertz CT molecular complexity index is 494. The molecule has 5 nitrogen and oxygen atoms in total. The maximum Gasteiger partial charge on any atom is 0.279 e. The molecule has 0 unspecified atom stereocenters. The van der Waals surface area contributed by atoms with Crippen LogP contribution in [0.25, 0.3) is 0 Å². The summed E-state index contributed by atoms with van der Waals surface area (Å²) in [6, 6.07) is 10.0. The summed E-state index contributed by atoms with van der Waals surface area (Å²) in [6.45, 7) is 6.16. The lowest BCUT2D eigenvalue weighted by molar-refractivity contribution is 0.376. The molecular weight excluding hydrogens is 262 g/mol. The molecule has 2 rings (SSSR count). The molecule has 0 bridgehead atoms. The minimum atomic E-state index is -3.33. The first-order valence-corrected chi connectivity index (χ1v) is 8.00. The van der Waals surface area contributed by atoms with Gasteiger partial charge in [-0.15, -0.1) is 0 Å². The second-order valence-corrected chi connectivity index (χ2v) is 6.70. The topological polar surface area (TPSA) is 52.7 Å². The zero-order chi connectivity index (χ0) is 13.9. The molecule has 0 saturated carbocycles. The summed E-state index contributed by atoms with van der Waals surface area (Å²) in [7, 11) is -3.33. The number of piperazine rings is 1. The van der Waals surface area contributed by atoms with Gasteiger partial charge in [-0.3, -0.25) is 0 Å². The quantitative estimate of drug-likeness (QED) is 0.898. The number of hydrogen-bond acceptors (Lipinski definition) is 3. The van der Waals surface area contributed by atoms with Crippen molar-refractivity contribution >= 4 is 15.9 Å². The number of benzene rings is 1. The lowest BCUT2D eigenvalue weighted by Gasteiger charge is -2.35. The summed E-state index contributed by atoms with van der Waals surface area (Å²) in [6.07, 6.45) is 0. The summed E-state index contributed by atoms with van der Waals surface area (Å²) in [5, 5.41) is 0. The minimum Gasteiger partial charge on any atom is -0.369 e. The number of para-hydroxylation sites is 1. The molecule has 0 atom stereocenters. The molecule has 0 amide bonds. The predicted octanol–water partition coefficient (Wildman–Crippen LogP) is 1.05. The van der Waals surface area contributed by atoms with Crippen LogP contribution in [0.1, 0.15) is 13.8 Å². The van der Waals surface area contributed by atoms with E-state index < -0.39 is 10.2 Å². The molecule has 1 aromatic rings. The van der Waals surface area contributed by atoms with E-state index in [1.165, 1.54) is 4.31 Å². The molecule has 19 heavy (non-hydrogen) atoms. The molecule has 106 valence electrons. The van der Waals surface area contributed by atoms with Gasteiger partial charge in [-0.25, -0.2) is 0 Å². The van der Waals surface area contributed by atoms with Crippen molar-refractivity contribution in [1.82, 2.24) is 9.03 Å². The van der Waals surface area contributed by atoms with Crippen molar-refractivity contribution in [3.05, 3.63) is 30.3 Å². The monoisotopic (exact) mass is 283 g/mol. The van der Waals surface area contributed by atoms with Crippen molar-refractivity contribution in [3.63, 3.8) is 0 Å². The summed E-state index contributed by atoms with van der Waals surface area (Å²) >= 11 is 0. The SMILES string of the molecule is CC(C)NS(=O)(=O)N1CCN(c2ccccc2)CC1. The van der Waals surface area contributed by atoms with Crippen molar-refractivity contribution in [3.8, 4) is 0 Å². The van der Waals surface area contributed by atoms with Gasteiger partial charge in [0.1, 0.15) is 0 Å². The number of anilines is 1. The second kappa shape index (κ2) is 5.90. The lowest BCUT2D eigenvalue weighted by atomic mass is 10.2. The standard InChI is InChI=1S/C13H21N3O2S/c1-12(2)14-19(17,18)16-10-8-15(9-11-16)13-6-4-3-5-7-13/h3-7,12,14H,8-11H2,1-2H3. The van der Waals surface area contributed by atoms with Crippen LogP contribution in [0.2, 0.25) is 0 Å². The molecule has 1 aliphatic heterocycles. The van der Waals surface area contributed by atoms with Crippen LogP contribution in [0.3, 0.4) is 0 Å². The Balaban J connectivity index is 1.96. The molecule has 1 aliphatic rings. The highest BCUT2D eigenvalue weighted by Crippen LogP contribution is 2.16. The van der Waals surface area contributed by atoms with Crippen molar-refractivity contribution in [2.45, 2.75) is 19.9 Å². The zero-order valence-corrected chi connectivity index (χ0v) is 12.2. The molecule has 0 spiro atoms. The van der Waals surface area contributed by atoms with Crippen LogP contribution in [0.5, 0.6) is 0 Å². The number of rotatable bonds is 4. The van der Waals surface area contributed by atoms with E-state index in [1.807, 2.05) is 32.0 Å². The molecular formula is C13H21N3O2S. The molecule has 0 aliphatic carbocycles. The minimum absolute atomic E-state index is 0.0721. The van der Waals surface area contributed by atoms with Crippen molar-refractivity contribution in [2.24, 2.45) is 0 Å². The van der Waals surface area contributed by atoms with Gasteiger partial charge in [-0.2, -0.15) is 17.4 Å². The van der Waals surface area contributed by atoms with Gasteiger partial charge in [-0.1, -0.05) is 18.2 Å². The Labute approximate surface area is 115 Å². The first-order chi connectivity index (χ1) is 8.99. The van der Waals surface area contributed by atoms with Gasteiger partial charge in [0.05, 0.1) is 0 Å². The third-order valence-corrected chi connectivity index (χ3v) is 4.90. The Morgan fingerprint density at radius 2 is 1.63 bits per heavy atom. The van der Waals surface area contributed by atoms with Crippen molar-refractivity contribution in [2.75, 3.05) is 31.1 Å². The number of nitrogens with zero attached hydrogens (tertiary/aromatic N) is 2. The van der Waals surface area contributed by atoms with Crippen LogP contribution in [0.15, 0.2) is 30.3 Å². The first-order valence-electron chi connectivity index (χ1n) is 6.56. The molecule has 1 heterocycles. The third kappa shape index (κ3) is 3.68. The van der Waals surface area contributed by atoms with Gasteiger partial charge in [0.25, 0.3) is 10.2 Å². The summed E-state index contributed by atoms with van der Waals surface area (Å²) in [5.41, 5.74) is 1.15. The predicted molar refractivity (Wildman–Crippen MR) is 77.4 cm³/mol. The average molecular weight is 283 g/mol. The summed E-state index contributed by atoms with van der Waals surface area (Å²) in [4.78, 5) is 2.21. The van der Waals surface area contributed by atoms with Gasteiger partial charge >= 0.3 is 0 Å². The molecule has 1 fully saturated rings. The molecule has 1 saturated heterocycles. The van der Waals surface area contributed by atoms with E-state index in [2.05, 4.69) is 21.8 Å². The Kier molecular flexibility index (Phi) is 4.44. The van der Waals surface area contributed by atoms with Crippen LogP contribution < -0.4 is 9.62 Å². The maximum atomic E-state index is 12.0. The van der Waals surface area contributed by atoms with Crippen LogP contribution in [-0.2, 0) is 10.2 Å². The highest BCUT2D eigenvalue weighted by molar-refractivity contribution is 7.87. The van der Waals surface area contributed by atoms with E-state index in [4.69, 9.17) is 0 Å². The fourth-order valence-corrected chi connectivity index (χ4v) is 3.59. The molecule has 0 radical (unpaired) electrons.